The van der Waals surface area contributed by atoms with Gasteiger partial charge < -0.3 is 15.3 Å². The smallest absolute Gasteiger partial charge is 0.238 e. The highest BCUT2D eigenvalue weighted by Crippen LogP contribution is 2.52. The lowest BCUT2D eigenvalue weighted by Gasteiger charge is -2.36. The molecule has 0 aromatic heterocycles. The van der Waals surface area contributed by atoms with Crippen LogP contribution in [-0.2, 0) is 10.2 Å². The van der Waals surface area contributed by atoms with Gasteiger partial charge in [0.2, 0.25) is 5.91 Å². The predicted molar refractivity (Wildman–Crippen MR) is 117 cm³/mol. The van der Waals surface area contributed by atoms with E-state index in [1.54, 1.807) is 17.0 Å². The molecule has 1 aliphatic heterocycles. The second-order valence-corrected chi connectivity index (χ2v) is 8.61. The summed E-state index contributed by atoms with van der Waals surface area (Å²) >= 11 is 0. The van der Waals surface area contributed by atoms with Crippen LogP contribution in [0, 0.1) is 5.82 Å². The summed E-state index contributed by atoms with van der Waals surface area (Å²) in [4.78, 5) is 15.7. The zero-order valence-corrected chi connectivity index (χ0v) is 17.6. The largest absolute Gasteiger partial charge is 0.389 e. The number of nitrogens with zero attached hydrogens (tertiary/aromatic N) is 1. The third kappa shape index (κ3) is 3.65. The molecule has 5 heteroatoms. The summed E-state index contributed by atoms with van der Waals surface area (Å²) in [6, 6.07) is 13.9. The van der Waals surface area contributed by atoms with Gasteiger partial charge >= 0.3 is 0 Å². The van der Waals surface area contributed by atoms with Crippen LogP contribution in [-0.4, -0.2) is 30.2 Å². The van der Waals surface area contributed by atoms with Crippen LogP contribution in [0.15, 0.2) is 48.5 Å². The van der Waals surface area contributed by atoms with Crippen molar-refractivity contribution < 1.29 is 14.3 Å². The first-order valence-corrected chi connectivity index (χ1v) is 11.2. The Morgan fingerprint density at radius 3 is 2.57 bits per heavy atom. The van der Waals surface area contributed by atoms with Crippen LogP contribution in [0.1, 0.15) is 62.6 Å². The Hall–Kier alpha value is -2.24. The normalized spacial score (nSPS) is 19.7. The van der Waals surface area contributed by atoms with Gasteiger partial charge in [0, 0.05) is 12.2 Å². The van der Waals surface area contributed by atoms with Crippen LogP contribution in [0.25, 0.3) is 0 Å². The molecule has 2 N–H and O–H groups in total. The number of fused-ring (bicyclic) bond motifs is 2. The number of aliphatic hydroxyl groups excluding tert-OH is 1. The summed E-state index contributed by atoms with van der Waals surface area (Å²) in [5.74, 6) is -0.305. The van der Waals surface area contributed by atoms with Crippen LogP contribution in [0.4, 0.5) is 10.1 Å². The monoisotopic (exact) mass is 410 g/mol. The van der Waals surface area contributed by atoms with Crippen molar-refractivity contribution in [3.63, 3.8) is 0 Å². The SMILES string of the molecule is CCCNC[C@@H](O)[C@H](c1ccccc1)N1C(=O)C2(CCCCC2)c2cc(F)ccc21. The van der Waals surface area contributed by atoms with Crippen molar-refractivity contribution in [2.75, 3.05) is 18.0 Å². The summed E-state index contributed by atoms with van der Waals surface area (Å²) in [6.45, 7) is 3.27. The van der Waals surface area contributed by atoms with E-state index < -0.39 is 17.6 Å². The predicted octanol–water partition coefficient (Wildman–Crippen LogP) is 4.48. The topological polar surface area (TPSA) is 52.6 Å². The molecule has 2 aromatic rings. The molecule has 1 fully saturated rings. The molecule has 160 valence electrons. The average Bonchev–Trinajstić information content (AvgIpc) is 2.98. The zero-order valence-electron chi connectivity index (χ0n) is 17.6. The summed E-state index contributed by atoms with van der Waals surface area (Å²) in [5.41, 5.74) is 1.76. The number of aliphatic hydroxyl groups is 1. The molecule has 0 bridgehead atoms. The summed E-state index contributed by atoms with van der Waals surface area (Å²) in [7, 11) is 0. The molecule has 1 spiro atoms. The van der Waals surface area contributed by atoms with Crippen molar-refractivity contribution in [2.45, 2.75) is 63.0 Å². The van der Waals surface area contributed by atoms with Gasteiger partial charge in [0.25, 0.3) is 0 Å². The van der Waals surface area contributed by atoms with Gasteiger partial charge in [-0.2, -0.15) is 0 Å². The molecule has 2 aromatic carbocycles. The van der Waals surface area contributed by atoms with Gasteiger partial charge in [0.1, 0.15) is 5.82 Å². The minimum atomic E-state index is -0.778. The van der Waals surface area contributed by atoms with Crippen molar-refractivity contribution in [2.24, 2.45) is 0 Å². The van der Waals surface area contributed by atoms with Crippen LogP contribution >= 0.6 is 0 Å². The number of rotatable bonds is 7. The maximum Gasteiger partial charge on any atom is 0.238 e. The fraction of sp³-hybridized carbons (Fsp3) is 0.480. The van der Waals surface area contributed by atoms with E-state index in [1.165, 1.54) is 6.07 Å². The fourth-order valence-electron chi connectivity index (χ4n) is 5.20. The number of hydrogen-bond acceptors (Lipinski definition) is 3. The summed E-state index contributed by atoms with van der Waals surface area (Å²) < 4.78 is 14.3. The van der Waals surface area contributed by atoms with Crippen molar-refractivity contribution in [1.29, 1.82) is 0 Å². The molecule has 4 rings (SSSR count). The minimum Gasteiger partial charge on any atom is -0.389 e. The number of carbonyl (C=O) groups excluding carboxylic acids is 1. The van der Waals surface area contributed by atoms with E-state index in [1.807, 2.05) is 30.3 Å². The van der Waals surface area contributed by atoms with E-state index in [-0.39, 0.29) is 11.7 Å². The van der Waals surface area contributed by atoms with Gasteiger partial charge in [0.15, 0.2) is 0 Å². The fourth-order valence-corrected chi connectivity index (χ4v) is 5.20. The molecule has 1 heterocycles. The Kier molecular flexibility index (Phi) is 6.21. The van der Waals surface area contributed by atoms with Crippen LogP contribution in [0.2, 0.25) is 0 Å². The van der Waals surface area contributed by atoms with E-state index >= 15 is 0 Å². The number of carbonyl (C=O) groups is 1. The standard InChI is InChI=1S/C25H31FN2O2/c1-2-15-27-17-22(29)23(18-9-5-3-6-10-18)28-21-12-11-19(26)16-20(21)25(24(28)30)13-7-4-8-14-25/h3,5-6,9-12,16,22-23,27,29H,2,4,7-8,13-15,17H2,1H3/t22-,23+/m1/s1. The van der Waals surface area contributed by atoms with Crippen LogP contribution in [0.5, 0.6) is 0 Å². The highest BCUT2D eigenvalue weighted by atomic mass is 19.1. The molecule has 0 saturated heterocycles. The van der Waals surface area contributed by atoms with Gasteiger partial charge in [-0.15, -0.1) is 0 Å². The van der Waals surface area contributed by atoms with Crippen molar-refractivity contribution in [3.05, 3.63) is 65.5 Å². The quantitative estimate of drug-likeness (QED) is 0.662. The van der Waals surface area contributed by atoms with Crippen molar-refractivity contribution >= 4 is 11.6 Å². The molecular weight excluding hydrogens is 379 g/mol. The first kappa shape index (κ1) is 21.0. The molecule has 2 aliphatic rings. The number of nitrogens with one attached hydrogen (secondary N) is 1. The van der Waals surface area contributed by atoms with Gasteiger partial charge in [-0.05, 0) is 55.1 Å². The van der Waals surface area contributed by atoms with Gasteiger partial charge in [-0.25, -0.2) is 4.39 Å². The second-order valence-electron chi connectivity index (χ2n) is 8.61. The number of amides is 1. The molecule has 30 heavy (non-hydrogen) atoms. The molecule has 1 aliphatic carbocycles. The number of anilines is 1. The van der Waals surface area contributed by atoms with E-state index in [0.29, 0.717) is 6.54 Å². The maximum atomic E-state index is 14.3. The molecular formula is C25H31FN2O2. The third-order valence-corrected chi connectivity index (χ3v) is 6.63. The van der Waals surface area contributed by atoms with Crippen LogP contribution < -0.4 is 10.2 Å². The first-order valence-electron chi connectivity index (χ1n) is 11.2. The van der Waals surface area contributed by atoms with E-state index in [9.17, 15) is 14.3 Å². The Balaban J connectivity index is 1.79. The van der Waals surface area contributed by atoms with Crippen molar-refractivity contribution in [1.82, 2.24) is 5.32 Å². The van der Waals surface area contributed by atoms with Crippen molar-refractivity contribution in [3.8, 4) is 0 Å². The lowest BCUT2D eigenvalue weighted by Crippen LogP contribution is -2.48. The zero-order chi connectivity index (χ0) is 21.1. The van der Waals surface area contributed by atoms with E-state index in [4.69, 9.17) is 0 Å². The highest BCUT2D eigenvalue weighted by Gasteiger charge is 2.53. The van der Waals surface area contributed by atoms with Gasteiger partial charge in [-0.3, -0.25) is 4.79 Å². The Bertz CT molecular complexity index is 880. The highest BCUT2D eigenvalue weighted by molar-refractivity contribution is 6.08. The maximum absolute atomic E-state index is 14.3. The molecule has 0 unspecified atom stereocenters. The third-order valence-electron chi connectivity index (χ3n) is 6.63. The van der Waals surface area contributed by atoms with Gasteiger partial charge in [-0.1, -0.05) is 56.5 Å². The second kappa shape index (κ2) is 8.86. The lowest BCUT2D eigenvalue weighted by atomic mass is 9.70. The Morgan fingerprint density at radius 2 is 1.87 bits per heavy atom. The van der Waals surface area contributed by atoms with Gasteiger partial charge in [0.05, 0.1) is 17.6 Å². The lowest BCUT2D eigenvalue weighted by molar-refractivity contribution is -0.125. The first-order chi connectivity index (χ1) is 14.6. The molecule has 1 saturated carbocycles. The molecule has 4 nitrogen and oxygen atoms in total. The average molecular weight is 411 g/mol. The number of benzene rings is 2. The minimum absolute atomic E-state index is 0.00574. The Labute approximate surface area is 178 Å². The summed E-state index contributed by atoms with van der Waals surface area (Å²) in [5, 5.41) is 14.5. The number of halogens is 1. The molecule has 2 atom stereocenters. The van der Waals surface area contributed by atoms with Crippen LogP contribution in [0.3, 0.4) is 0 Å². The van der Waals surface area contributed by atoms with E-state index in [0.717, 1.165) is 61.9 Å². The molecule has 1 amide bonds. The Morgan fingerprint density at radius 1 is 1.13 bits per heavy atom. The number of hydrogen-bond donors (Lipinski definition) is 2. The summed E-state index contributed by atoms with van der Waals surface area (Å²) in [6.07, 6.45) is 4.70. The molecule has 0 radical (unpaired) electrons. The van der Waals surface area contributed by atoms with E-state index in [2.05, 4.69) is 12.2 Å².